The summed E-state index contributed by atoms with van der Waals surface area (Å²) in [5.41, 5.74) is 0. The first-order chi connectivity index (χ1) is 37.9. The number of amides is 4. The Morgan fingerprint density at radius 1 is 0.380 bits per heavy atom. The van der Waals surface area contributed by atoms with Crippen LogP contribution in [0.4, 0.5) is 0 Å². The second-order valence-electron chi connectivity index (χ2n) is 20.0. The molecule has 79 heavy (non-hydrogen) atoms. The van der Waals surface area contributed by atoms with Crippen molar-refractivity contribution in [1.29, 1.82) is 0 Å². The number of Topliss-reactive ketones (excluding diaryl/α,β-unsaturated/α-hetero) is 3. The van der Waals surface area contributed by atoms with Crippen LogP contribution in [0.1, 0.15) is 200 Å². The summed E-state index contributed by atoms with van der Waals surface area (Å²) in [4.78, 5) is 131. The van der Waals surface area contributed by atoms with Crippen molar-refractivity contribution in [3.63, 3.8) is 0 Å². The Balaban J connectivity index is 3.97. The molecule has 1 unspecified atom stereocenters. The van der Waals surface area contributed by atoms with Crippen molar-refractivity contribution in [2.75, 3.05) is 65.9 Å². The van der Waals surface area contributed by atoms with Crippen LogP contribution in [0.2, 0.25) is 0 Å². The minimum Gasteiger partial charge on any atom is -0.481 e. The minimum atomic E-state index is -1.37. The van der Waals surface area contributed by atoms with Crippen LogP contribution < -0.4 is 21.3 Å². The first kappa shape index (κ1) is 73.6. The number of hydrogen-bond donors (Lipinski definition) is 8. The van der Waals surface area contributed by atoms with Gasteiger partial charge in [0.1, 0.15) is 36.9 Å². The summed E-state index contributed by atoms with van der Waals surface area (Å²) in [6.45, 7) is 4.18. The van der Waals surface area contributed by atoms with Crippen molar-refractivity contribution >= 4 is 64.9 Å². The first-order valence-corrected chi connectivity index (χ1v) is 28.7. The number of aliphatic carboxylic acids is 4. The molecule has 0 radical (unpaired) electrons. The third kappa shape index (κ3) is 46.1. The van der Waals surface area contributed by atoms with E-state index < -0.39 is 72.5 Å². The standard InChI is InChI=1S/C56H96N4O19/c1-3-43(42(2)61)21-18-19-31-57-49(64)30-28-48(56(74)75)60-51(66)29-25-44(54(70)71)39-46(63)40-78-37-36-77-34-32-58-52(67)41-79-38-35-76-33-20-22-45(62)26-27-47(55(72)73)59-50(65)23-16-14-12-10-8-6-4-5-7-9-11-13-15-17-24-53(68)69/h43-44,47-48H,3-41H2,1-2H3,(H,57,64)(H,58,67)(H,59,65)(H,60,66)(H,68,69)(H,70,71)(H,72,73)(H,74,75)/t43-,44+,47-,48?/m0/s1. The summed E-state index contributed by atoms with van der Waals surface area (Å²) in [5, 5.41) is 47.5. The van der Waals surface area contributed by atoms with E-state index in [-0.39, 0.29) is 140 Å². The van der Waals surface area contributed by atoms with Gasteiger partial charge in [-0.05, 0) is 64.7 Å². The van der Waals surface area contributed by atoms with Crippen LogP contribution in [-0.4, -0.2) is 163 Å². The molecule has 23 heteroatoms. The summed E-state index contributed by atoms with van der Waals surface area (Å²) < 4.78 is 21.4. The Kier molecular flexibility index (Phi) is 46.3. The van der Waals surface area contributed by atoms with Crippen LogP contribution >= 0.6 is 0 Å². The molecule has 0 aromatic rings. The first-order valence-electron chi connectivity index (χ1n) is 28.7. The summed E-state index contributed by atoms with van der Waals surface area (Å²) in [6.07, 6.45) is 17.5. The zero-order chi connectivity index (χ0) is 58.9. The smallest absolute Gasteiger partial charge is 0.326 e. The zero-order valence-electron chi connectivity index (χ0n) is 47.3. The number of unbranched alkanes of at least 4 members (excludes halogenated alkanes) is 14. The average molecular weight is 1130 g/mol. The highest BCUT2D eigenvalue weighted by Gasteiger charge is 2.26. The maximum atomic E-state index is 12.5. The van der Waals surface area contributed by atoms with E-state index in [0.717, 1.165) is 70.6 Å². The Morgan fingerprint density at radius 3 is 1.39 bits per heavy atom. The zero-order valence-corrected chi connectivity index (χ0v) is 47.3. The van der Waals surface area contributed by atoms with Gasteiger partial charge in [-0.1, -0.05) is 90.4 Å². The highest BCUT2D eigenvalue weighted by molar-refractivity contribution is 5.87. The fraction of sp³-hybridized carbons (Fsp3) is 0.804. The lowest BCUT2D eigenvalue weighted by Crippen LogP contribution is -2.42. The van der Waals surface area contributed by atoms with Gasteiger partial charge < -0.3 is 60.6 Å². The molecule has 4 atom stereocenters. The normalized spacial score (nSPS) is 12.6. The predicted octanol–water partition coefficient (Wildman–Crippen LogP) is 5.89. The lowest BCUT2D eigenvalue weighted by molar-refractivity contribution is -0.145. The molecule has 0 aliphatic rings. The highest BCUT2D eigenvalue weighted by Crippen LogP contribution is 2.16. The van der Waals surface area contributed by atoms with E-state index in [0.29, 0.717) is 25.8 Å². The number of carboxylic acid groups (broad SMARTS) is 4. The lowest BCUT2D eigenvalue weighted by Gasteiger charge is -2.16. The highest BCUT2D eigenvalue weighted by atomic mass is 16.5. The lowest BCUT2D eigenvalue weighted by atomic mass is 9.95. The van der Waals surface area contributed by atoms with Gasteiger partial charge in [0.05, 0.1) is 39.0 Å². The molecule has 0 aromatic heterocycles. The van der Waals surface area contributed by atoms with Gasteiger partial charge in [0.2, 0.25) is 23.6 Å². The topological polar surface area (TPSA) is 354 Å². The number of carbonyl (C=O) groups is 11. The molecule has 23 nitrogen and oxygen atoms in total. The molecule has 0 saturated carbocycles. The van der Waals surface area contributed by atoms with E-state index >= 15 is 0 Å². The Hall–Kier alpha value is -5.39. The molecule has 0 saturated heterocycles. The predicted molar refractivity (Wildman–Crippen MR) is 291 cm³/mol. The third-order valence-electron chi connectivity index (χ3n) is 13.1. The Bertz CT molecular complexity index is 1780. The average Bonchev–Trinajstić information content (AvgIpc) is 3.39. The molecule has 0 fully saturated rings. The summed E-state index contributed by atoms with van der Waals surface area (Å²) in [6, 6.07) is -2.51. The Labute approximate surface area is 466 Å². The van der Waals surface area contributed by atoms with Crippen LogP contribution in [0, 0.1) is 11.8 Å². The number of ketones is 3. The van der Waals surface area contributed by atoms with Crippen LogP contribution in [0.25, 0.3) is 0 Å². The third-order valence-corrected chi connectivity index (χ3v) is 13.1. The fourth-order valence-corrected chi connectivity index (χ4v) is 8.39. The SMILES string of the molecule is CC[C@@H](CCCCNC(=O)CCC(NC(=O)CC[C@H](CC(=O)COCCOCCNC(=O)COCCOCCCC(=O)CC[C@H](NC(=O)CCCCCCCCCCCCCCCCC(=O)O)C(=O)O)C(=O)O)C(=O)O)C(C)=O. The van der Waals surface area contributed by atoms with Crippen molar-refractivity contribution in [2.45, 2.75) is 212 Å². The summed E-state index contributed by atoms with van der Waals surface area (Å²) in [7, 11) is 0. The second kappa shape index (κ2) is 49.6. The number of rotatable bonds is 57. The van der Waals surface area contributed by atoms with Crippen LogP contribution in [0.15, 0.2) is 0 Å². The van der Waals surface area contributed by atoms with Crippen LogP contribution in [0.3, 0.4) is 0 Å². The molecule has 0 heterocycles. The van der Waals surface area contributed by atoms with Crippen molar-refractivity contribution in [3.8, 4) is 0 Å². The minimum absolute atomic E-state index is 0.000761. The van der Waals surface area contributed by atoms with E-state index in [1.54, 1.807) is 6.92 Å². The fourth-order valence-electron chi connectivity index (χ4n) is 8.39. The molecule has 0 aromatic carbocycles. The molecular formula is C56H96N4O19. The molecule has 8 N–H and O–H groups in total. The van der Waals surface area contributed by atoms with E-state index in [1.807, 2.05) is 6.92 Å². The number of nitrogens with one attached hydrogen (secondary N) is 4. The van der Waals surface area contributed by atoms with E-state index in [1.165, 1.54) is 32.1 Å². The second-order valence-corrected chi connectivity index (χ2v) is 20.0. The Morgan fingerprint density at radius 2 is 0.861 bits per heavy atom. The van der Waals surface area contributed by atoms with Crippen LogP contribution in [0.5, 0.6) is 0 Å². The van der Waals surface area contributed by atoms with Crippen molar-refractivity contribution < 1.29 is 92.1 Å². The van der Waals surface area contributed by atoms with Gasteiger partial charge >= 0.3 is 23.9 Å². The largest absolute Gasteiger partial charge is 0.481 e. The van der Waals surface area contributed by atoms with Gasteiger partial charge in [-0.3, -0.25) is 43.2 Å². The molecule has 0 rings (SSSR count). The van der Waals surface area contributed by atoms with Gasteiger partial charge in [-0.15, -0.1) is 0 Å². The monoisotopic (exact) mass is 1130 g/mol. The molecule has 0 bridgehead atoms. The van der Waals surface area contributed by atoms with Gasteiger partial charge in [-0.25, -0.2) is 9.59 Å². The van der Waals surface area contributed by atoms with Gasteiger partial charge in [0.25, 0.3) is 0 Å². The maximum Gasteiger partial charge on any atom is 0.326 e. The van der Waals surface area contributed by atoms with Gasteiger partial charge in [0, 0.05) is 70.6 Å². The number of carboxylic acids is 4. The van der Waals surface area contributed by atoms with Crippen molar-refractivity contribution in [1.82, 2.24) is 21.3 Å². The number of ether oxygens (including phenoxy) is 4. The van der Waals surface area contributed by atoms with Crippen LogP contribution in [-0.2, 0) is 71.7 Å². The van der Waals surface area contributed by atoms with Gasteiger partial charge in [0.15, 0.2) is 5.78 Å². The van der Waals surface area contributed by atoms with E-state index in [4.69, 9.17) is 24.1 Å². The van der Waals surface area contributed by atoms with Crippen molar-refractivity contribution in [2.24, 2.45) is 11.8 Å². The number of carbonyl (C=O) groups excluding carboxylic acids is 7. The quantitative estimate of drug-likeness (QED) is 0.0329. The number of hydrogen-bond acceptors (Lipinski definition) is 15. The molecule has 454 valence electrons. The summed E-state index contributed by atoms with van der Waals surface area (Å²) in [5.74, 6) is -8.19. The molecule has 0 aliphatic heterocycles. The van der Waals surface area contributed by atoms with Crippen molar-refractivity contribution in [3.05, 3.63) is 0 Å². The molecule has 4 amide bonds. The van der Waals surface area contributed by atoms with E-state index in [2.05, 4.69) is 21.3 Å². The van der Waals surface area contributed by atoms with Gasteiger partial charge in [-0.2, -0.15) is 0 Å². The maximum absolute atomic E-state index is 12.5. The molecular weight excluding hydrogens is 1030 g/mol. The van der Waals surface area contributed by atoms with E-state index in [9.17, 15) is 68.1 Å². The summed E-state index contributed by atoms with van der Waals surface area (Å²) >= 11 is 0. The molecule has 0 spiro atoms. The molecule has 0 aliphatic carbocycles.